The van der Waals surface area contributed by atoms with Crippen LogP contribution >= 0.6 is 22.9 Å². The van der Waals surface area contributed by atoms with Gasteiger partial charge in [0.2, 0.25) is 10.0 Å². The summed E-state index contributed by atoms with van der Waals surface area (Å²) in [6.45, 7) is 4.83. The van der Waals surface area contributed by atoms with E-state index < -0.39 is 15.9 Å². The van der Waals surface area contributed by atoms with E-state index in [1.165, 1.54) is 47.0 Å². The van der Waals surface area contributed by atoms with E-state index in [2.05, 4.69) is 4.99 Å². The summed E-state index contributed by atoms with van der Waals surface area (Å²) in [4.78, 5) is 17.9. The summed E-state index contributed by atoms with van der Waals surface area (Å²) in [5, 5.41) is 0.666. The van der Waals surface area contributed by atoms with Gasteiger partial charge in [0.25, 0.3) is 5.91 Å². The van der Waals surface area contributed by atoms with Gasteiger partial charge in [-0.05, 0) is 61.4 Å². The molecule has 0 aliphatic carbocycles. The van der Waals surface area contributed by atoms with Crippen molar-refractivity contribution >= 4 is 49.1 Å². The fourth-order valence-electron chi connectivity index (χ4n) is 3.72. The maximum atomic E-state index is 13.0. The van der Waals surface area contributed by atoms with Crippen molar-refractivity contribution in [2.45, 2.75) is 31.8 Å². The van der Waals surface area contributed by atoms with Crippen molar-refractivity contribution < 1.29 is 13.2 Å². The van der Waals surface area contributed by atoms with Gasteiger partial charge < -0.3 is 4.57 Å². The molecule has 0 atom stereocenters. The van der Waals surface area contributed by atoms with E-state index in [1.54, 1.807) is 0 Å². The van der Waals surface area contributed by atoms with Gasteiger partial charge in [-0.1, -0.05) is 53.3 Å². The Hall–Kier alpha value is -2.78. The minimum atomic E-state index is -3.70. The van der Waals surface area contributed by atoms with E-state index in [4.69, 9.17) is 11.6 Å². The number of fused-ring (bicyclic) bond motifs is 1. The van der Waals surface area contributed by atoms with Gasteiger partial charge in [-0.15, -0.1) is 0 Å². The summed E-state index contributed by atoms with van der Waals surface area (Å²) >= 11 is 7.71. The van der Waals surface area contributed by atoms with Crippen molar-refractivity contribution in [1.82, 2.24) is 8.87 Å². The molecule has 0 spiro atoms. The maximum Gasteiger partial charge on any atom is 0.279 e. The Morgan fingerprint density at radius 1 is 1.06 bits per heavy atom. The van der Waals surface area contributed by atoms with Crippen LogP contribution in [-0.2, 0) is 23.1 Å². The van der Waals surface area contributed by atoms with Crippen LogP contribution in [0.2, 0.25) is 5.02 Å². The molecule has 6 nitrogen and oxygen atoms in total. The standard InChI is InChI=1S/C25H24ClN3O3S2/c1-4-29-23-17(2)21(26)14-15-22(23)33-25(29)27-24(30)19-10-12-20(13-11-19)34(31,32)28(3)16-18-8-6-5-7-9-18/h5-15H,4,16H2,1-3H3. The Bertz CT molecular complexity index is 1520. The smallest absolute Gasteiger partial charge is 0.279 e. The predicted octanol–water partition coefficient (Wildman–Crippen LogP) is 5.25. The first-order chi connectivity index (χ1) is 16.2. The third kappa shape index (κ3) is 4.72. The van der Waals surface area contributed by atoms with Crippen LogP contribution in [0.25, 0.3) is 10.2 Å². The molecule has 1 amide bonds. The molecule has 0 N–H and O–H groups in total. The molecule has 0 saturated carbocycles. The summed E-state index contributed by atoms with van der Waals surface area (Å²) in [6, 6.07) is 19.0. The molecular formula is C25H24ClN3O3S2. The zero-order valence-electron chi connectivity index (χ0n) is 19.0. The monoisotopic (exact) mass is 513 g/mol. The van der Waals surface area contributed by atoms with Crippen molar-refractivity contribution in [3.8, 4) is 0 Å². The molecule has 4 aromatic rings. The average Bonchev–Trinajstić information content (AvgIpc) is 3.19. The van der Waals surface area contributed by atoms with Crippen LogP contribution in [0.15, 0.2) is 76.6 Å². The molecule has 0 aliphatic rings. The Morgan fingerprint density at radius 3 is 2.38 bits per heavy atom. The quantitative estimate of drug-likeness (QED) is 0.353. The summed E-state index contributed by atoms with van der Waals surface area (Å²) in [7, 11) is -2.16. The molecule has 0 unspecified atom stereocenters. The van der Waals surface area contributed by atoms with Crippen LogP contribution in [0.4, 0.5) is 0 Å². The average molecular weight is 514 g/mol. The number of nitrogens with zero attached hydrogens (tertiary/aromatic N) is 3. The number of amides is 1. The van der Waals surface area contributed by atoms with Crippen LogP contribution in [0, 0.1) is 6.92 Å². The van der Waals surface area contributed by atoms with Crippen molar-refractivity contribution in [3.63, 3.8) is 0 Å². The lowest BCUT2D eigenvalue weighted by atomic mass is 10.2. The van der Waals surface area contributed by atoms with Crippen LogP contribution in [0.1, 0.15) is 28.4 Å². The van der Waals surface area contributed by atoms with Gasteiger partial charge in [0.1, 0.15) is 0 Å². The van der Waals surface area contributed by atoms with E-state index in [9.17, 15) is 13.2 Å². The van der Waals surface area contributed by atoms with Gasteiger partial charge in [0.15, 0.2) is 4.80 Å². The lowest BCUT2D eigenvalue weighted by Gasteiger charge is -2.17. The highest BCUT2D eigenvalue weighted by molar-refractivity contribution is 7.89. The number of aromatic nitrogens is 1. The summed E-state index contributed by atoms with van der Waals surface area (Å²) in [5.74, 6) is -0.431. The summed E-state index contributed by atoms with van der Waals surface area (Å²) in [6.07, 6.45) is 0. The SMILES string of the molecule is CCn1c(=NC(=O)c2ccc(S(=O)(=O)N(C)Cc3ccccc3)cc2)sc2ccc(Cl)c(C)c21. The lowest BCUT2D eigenvalue weighted by Crippen LogP contribution is -2.26. The first-order valence-corrected chi connectivity index (χ1v) is 13.3. The van der Waals surface area contributed by atoms with Crippen LogP contribution < -0.4 is 4.80 Å². The van der Waals surface area contributed by atoms with E-state index in [-0.39, 0.29) is 11.4 Å². The molecule has 0 aliphatic heterocycles. The summed E-state index contributed by atoms with van der Waals surface area (Å²) < 4.78 is 30.2. The van der Waals surface area contributed by atoms with Crippen molar-refractivity contribution in [2.24, 2.45) is 4.99 Å². The Balaban J connectivity index is 1.62. The fourth-order valence-corrected chi connectivity index (χ4v) is 6.18. The molecule has 9 heteroatoms. The van der Waals surface area contributed by atoms with Crippen molar-refractivity contribution in [1.29, 1.82) is 0 Å². The second-order valence-corrected chi connectivity index (χ2v) is 11.3. The molecule has 176 valence electrons. The number of aryl methyl sites for hydroxylation is 2. The van der Waals surface area contributed by atoms with E-state index in [0.29, 0.717) is 21.9 Å². The molecule has 0 saturated heterocycles. The highest BCUT2D eigenvalue weighted by Crippen LogP contribution is 2.27. The number of carbonyl (C=O) groups excluding carboxylic acids is 1. The molecule has 1 aromatic heterocycles. The van der Waals surface area contributed by atoms with Gasteiger partial charge in [-0.25, -0.2) is 8.42 Å². The predicted molar refractivity (Wildman–Crippen MR) is 137 cm³/mol. The zero-order chi connectivity index (χ0) is 24.5. The highest BCUT2D eigenvalue weighted by Gasteiger charge is 2.21. The third-order valence-electron chi connectivity index (χ3n) is 5.60. The Kier molecular flexibility index (Phi) is 7.04. The number of rotatable bonds is 6. The second kappa shape index (κ2) is 9.84. The number of thiazole rings is 1. The Morgan fingerprint density at radius 2 is 1.74 bits per heavy atom. The van der Waals surface area contributed by atoms with E-state index in [0.717, 1.165) is 21.3 Å². The normalized spacial score (nSPS) is 12.6. The second-order valence-electron chi connectivity index (χ2n) is 7.84. The number of hydrogen-bond acceptors (Lipinski definition) is 4. The molecule has 3 aromatic carbocycles. The minimum absolute atomic E-state index is 0.123. The molecule has 0 radical (unpaired) electrons. The summed E-state index contributed by atoms with van der Waals surface area (Å²) in [5.41, 5.74) is 3.12. The van der Waals surface area contributed by atoms with Crippen molar-refractivity contribution in [3.05, 3.63) is 93.2 Å². The Labute approximate surface area is 207 Å². The molecule has 4 rings (SSSR count). The highest BCUT2D eigenvalue weighted by atomic mass is 35.5. The number of sulfonamides is 1. The fraction of sp³-hybridized carbons (Fsp3) is 0.200. The molecule has 0 fully saturated rings. The number of benzene rings is 3. The van der Waals surface area contributed by atoms with Gasteiger partial charge in [-0.3, -0.25) is 4.79 Å². The number of halogens is 1. The van der Waals surface area contributed by atoms with Gasteiger partial charge in [0, 0.05) is 30.7 Å². The lowest BCUT2D eigenvalue weighted by molar-refractivity contribution is 0.0997. The van der Waals surface area contributed by atoms with E-state index >= 15 is 0 Å². The van der Waals surface area contributed by atoms with Crippen LogP contribution in [0.5, 0.6) is 0 Å². The molecule has 34 heavy (non-hydrogen) atoms. The molecule has 1 heterocycles. The van der Waals surface area contributed by atoms with Gasteiger partial charge in [0.05, 0.1) is 15.1 Å². The largest absolute Gasteiger partial charge is 0.316 e. The van der Waals surface area contributed by atoms with Crippen molar-refractivity contribution in [2.75, 3.05) is 7.05 Å². The number of carbonyl (C=O) groups is 1. The molecule has 0 bridgehead atoms. The zero-order valence-corrected chi connectivity index (χ0v) is 21.4. The topological polar surface area (TPSA) is 71.7 Å². The third-order valence-corrected chi connectivity index (χ3v) is 8.87. The van der Waals surface area contributed by atoms with Crippen LogP contribution in [0.3, 0.4) is 0 Å². The van der Waals surface area contributed by atoms with E-state index in [1.807, 2.05) is 60.9 Å². The first kappa shape index (κ1) is 24.3. The molecular weight excluding hydrogens is 490 g/mol. The van der Waals surface area contributed by atoms with Gasteiger partial charge >= 0.3 is 0 Å². The minimum Gasteiger partial charge on any atom is -0.316 e. The maximum absolute atomic E-state index is 13.0. The number of hydrogen-bond donors (Lipinski definition) is 0. The first-order valence-electron chi connectivity index (χ1n) is 10.7. The van der Waals surface area contributed by atoms with Crippen LogP contribution in [-0.4, -0.2) is 30.2 Å². The van der Waals surface area contributed by atoms with Gasteiger partial charge in [-0.2, -0.15) is 9.30 Å².